The molecule has 160 valence electrons. The number of morpholine rings is 1. The maximum absolute atomic E-state index is 6.04. The van der Waals surface area contributed by atoms with Gasteiger partial charge < -0.3 is 19.4 Å². The van der Waals surface area contributed by atoms with Gasteiger partial charge in [0.15, 0.2) is 11.4 Å². The minimum atomic E-state index is 0.443. The number of fused-ring (bicyclic) bond motifs is 3. The Balaban J connectivity index is 1.41. The molecule has 1 saturated heterocycles. The Morgan fingerprint density at radius 3 is 2.81 bits per heavy atom. The Hall–Kier alpha value is -4.05. The minimum absolute atomic E-state index is 0.443. The molecule has 1 fully saturated rings. The molecule has 0 radical (unpaired) electrons. The fourth-order valence-corrected chi connectivity index (χ4v) is 3.83. The van der Waals surface area contributed by atoms with E-state index in [0.717, 1.165) is 41.4 Å². The van der Waals surface area contributed by atoms with Crippen LogP contribution in [0.2, 0.25) is 0 Å². The zero-order valence-corrected chi connectivity index (χ0v) is 17.4. The van der Waals surface area contributed by atoms with Crippen LogP contribution in [0.5, 0.6) is 0 Å². The highest BCUT2D eigenvalue weighted by Crippen LogP contribution is 2.34. The summed E-state index contributed by atoms with van der Waals surface area (Å²) in [6.07, 6.45) is 1.71. The van der Waals surface area contributed by atoms with Gasteiger partial charge in [0.2, 0.25) is 11.7 Å². The molecular formula is C22H20N8O2. The number of rotatable bonds is 4. The summed E-state index contributed by atoms with van der Waals surface area (Å²) in [4.78, 5) is 20.5. The van der Waals surface area contributed by atoms with Crippen molar-refractivity contribution in [2.24, 2.45) is 0 Å². The van der Waals surface area contributed by atoms with Gasteiger partial charge in [0, 0.05) is 31.0 Å². The highest BCUT2D eigenvalue weighted by molar-refractivity contribution is 6.05. The lowest BCUT2D eigenvalue weighted by atomic mass is 10.2. The van der Waals surface area contributed by atoms with Gasteiger partial charge in [-0.15, -0.1) is 0 Å². The van der Waals surface area contributed by atoms with E-state index in [4.69, 9.17) is 19.1 Å². The zero-order valence-electron chi connectivity index (χ0n) is 17.4. The van der Waals surface area contributed by atoms with E-state index >= 15 is 0 Å². The second-order valence-corrected chi connectivity index (χ2v) is 7.56. The highest BCUT2D eigenvalue weighted by atomic mass is 16.5. The SMILES string of the molecule is Cc1cccc(-c2cc(Nc3nc(N4CCOCC4)c4oc5ncccc5c4n3)[nH]n2)n1. The normalized spacial score (nSPS) is 14.3. The lowest BCUT2D eigenvalue weighted by molar-refractivity contribution is 0.122. The van der Waals surface area contributed by atoms with Crippen LogP contribution in [-0.4, -0.2) is 56.4 Å². The third kappa shape index (κ3) is 3.30. The predicted molar refractivity (Wildman–Crippen MR) is 120 cm³/mol. The van der Waals surface area contributed by atoms with E-state index in [9.17, 15) is 0 Å². The Kier molecular flexibility index (Phi) is 4.43. The first-order valence-corrected chi connectivity index (χ1v) is 10.4. The van der Waals surface area contributed by atoms with Crippen LogP contribution in [0.15, 0.2) is 47.0 Å². The molecule has 5 aromatic rings. The van der Waals surface area contributed by atoms with Gasteiger partial charge >= 0.3 is 0 Å². The van der Waals surface area contributed by atoms with Gasteiger partial charge in [0.25, 0.3) is 0 Å². The molecule has 0 saturated carbocycles. The van der Waals surface area contributed by atoms with Crippen molar-refractivity contribution in [3.8, 4) is 11.4 Å². The standard InChI is InChI=1S/C22H20N8O2/c1-13-4-2-6-15(24-13)16-12-17(29-28-16)25-22-26-18-14-5-3-7-23-21(14)32-19(18)20(27-22)30-8-10-31-11-9-30/h2-7,12H,8-11H2,1H3,(H2,25,26,27,28,29). The number of aromatic nitrogens is 6. The van der Waals surface area contributed by atoms with Crippen LogP contribution in [0.1, 0.15) is 5.69 Å². The quantitative estimate of drug-likeness (QED) is 0.444. The molecule has 5 aromatic heterocycles. The molecule has 10 nitrogen and oxygen atoms in total. The number of H-pyrrole nitrogens is 1. The maximum Gasteiger partial charge on any atom is 0.231 e. The molecule has 1 aliphatic heterocycles. The van der Waals surface area contributed by atoms with Gasteiger partial charge in [-0.1, -0.05) is 6.07 Å². The van der Waals surface area contributed by atoms with Crippen LogP contribution in [0, 0.1) is 6.92 Å². The minimum Gasteiger partial charge on any atom is -0.432 e. The molecule has 0 amide bonds. The van der Waals surface area contributed by atoms with Crippen LogP contribution in [0.4, 0.5) is 17.6 Å². The monoisotopic (exact) mass is 428 g/mol. The molecule has 6 rings (SSSR count). The van der Waals surface area contributed by atoms with E-state index in [-0.39, 0.29) is 0 Å². The molecular weight excluding hydrogens is 408 g/mol. The fraction of sp³-hybridized carbons (Fsp3) is 0.227. The first-order chi connectivity index (χ1) is 15.7. The molecule has 1 aliphatic rings. The van der Waals surface area contributed by atoms with Gasteiger partial charge in [0.1, 0.15) is 17.0 Å². The number of hydrogen-bond acceptors (Lipinski definition) is 9. The van der Waals surface area contributed by atoms with Crippen molar-refractivity contribution in [1.82, 2.24) is 30.1 Å². The van der Waals surface area contributed by atoms with Crippen molar-refractivity contribution in [3.05, 3.63) is 48.3 Å². The van der Waals surface area contributed by atoms with Gasteiger partial charge in [-0.2, -0.15) is 10.1 Å². The maximum atomic E-state index is 6.04. The van der Waals surface area contributed by atoms with Crippen LogP contribution < -0.4 is 10.2 Å². The summed E-state index contributed by atoms with van der Waals surface area (Å²) in [5.74, 6) is 1.83. The van der Waals surface area contributed by atoms with Crippen LogP contribution in [-0.2, 0) is 4.74 Å². The van der Waals surface area contributed by atoms with Crippen molar-refractivity contribution < 1.29 is 9.15 Å². The zero-order chi connectivity index (χ0) is 21.5. The number of ether oxygens (including phenoxy) is 1. The molecule has 0 spiro atoms. The number of anilines is 3. The number of furan rings is 1. The molecule has 2 N–H and O–H groups in total. The van der Waals surface area contributed by atoms with Crippen LogP contribution in [0.25, 0.3) is 33.6 Å². The van der Waals surface area contributed by atoms with E-state index in [1.54, 1.807) is 6.20 Å². The number of nitrogens with one attached hydrogen (secondary N) is 2. The number of nitrogens with zero attached hydrogens (tertiary/aromatic N) is 6. The molecule has 6 heterocycles. The van der Waals surface area contributed by atoms with Gasteiger partial charge in [0.05, 0.1) is 24.3 Å². The predicted octanol–water partition coefficient (Wildman–Crippen LogP) is 3.44. The summed E-state index contributed by atoms with van der Waals surface area (Å²) in [7, 11) is 0. The average molecular weight is 428 g/mol. The Labute approximate surface area is 182 Å². The molecule has 10 heteroatoms. The first kappa shape index (κ1) is 18.7. The van der Waals surface area contributed by atoms with E-state index < -0.39 is 0 Å². The van der Waals surface area contributed by atoms with Gasteiger partial charge in [-0.3, -0.25) is 10.1 Å². The lowest BCUT2D eigenvalue weighted by Crippen LogP contribution is -2.37. The summed E-state index contributed by atoms with van der Waals surface area (Å²) in [6.45, 7) is 4.68. The van der Waals surface area contributed by atoms with Crippen LogP contribution >= 0.6 is 0 Å². The van der Waals surface area contributed by atoms with E-state index in [2.05, 4.69) is 30.4 Å². The third-order valence-corrected chi connectivity index (χ3v) is 5.36. The van der Waals surface area contributed by atoms with Crippen molar-refractivity contribution in [3.63, 3.8) is 0 Å². The molecule has 0 aromatic carbocycles. The Morgan fingerprint density at radius 1 is 1.03 bits per heavy atom. The summed E-state index contributed by atoms with van der Waals surface area (Å²) < 4.78 is 11.5. The second-order valence-electron chi connectivity index (χ2n) is 7.56. The van der Waals surface area contributed by atoms with Crippen molar-refractivity contribution >= 4 is 39.8 Å². The molecule has 32 heavy (non-hydrogen) atoms. The smallest absolute Gasteiger partial charge is 0.231 e. The van der Waals surface area contributed by atoms with E-state index in [1.807, 2.05) is 43.3 Å². The van der Waals surface area contributed by atoms with Crippen LogP contribution in [0.3, 0.4) is 0 Å². The highest BCUT2D eigenvalue weighted by Gasteiger charge is 2.22. The van der Waals surface area contributed by atoms with Crippen molar-refractivity contribution in [2.45, 2.75) is 6.92 Å². The van der Waals surface area contributed by atoms with Gasteiger partial charge in [-0.05, 0) is 31.2 Å². The number of pyridine rings is 2. The van der Waals surface area contributed by atoms with E-state index in [0.29, 0.717) is 41.8 Å². The average Bonchev–Trinajstić information content (AvgIpc) is 3.44. The molecule has 0 bridgehead atoms. The Bertz CT molecular complexity index is 1420. The lowest BCUT2D eigenvalue weighted by Gasteiger charge is -2.27. The largest absolute Gasteiger partial charge is 0.432 e. The number of hydrogen-bond donors (Lipinski definition) is 2. The summed E-state index contributed by atoms with van der Waals surface area (Å²) >= 11 is 0. The fourth-order valence-electron chi connectivity index (χ4n) is 3.83. The third-order valence-electron chi connectivity index (χ3n) is 5.36. The first-order valence-electron chi connectivity index (χ1n) is 10.4. The van der Waals surface area contributed by atoms with Gasteiger partial charge in [-0.25, -0.2) is 9.97 Å². The summed E-state index contributed by atoms with van der Waals surface area (Å²) in [5.41, 5.74) is 4.35. The van der Waals surface area contributed by atoms with Crippen molar-refractivity contribution in [1.29, 1.82) is 0 Å². The summed E-state index contributed by atoms with van der Waals surface area (Å²) in [5, 5.41) is 11.5. The topological polar surface area (TPSA) is 118 Å². The number of aromatic amines is 1. The number of aryl methyl sites for hydroxylation is 1. The Morgan fingerprint density at radius 2 is 1.94 bits per heavy atom. The molecule has 0 atom stereocenters. The van der Waals surface area contributed by atoms with E-state index in [1.165, 1.54) is 0 Å². The molecule has 0 unspecified atom stereocenters. The van der Waals surface area contributed by atoms with Crippen molar-refractivity contribution in [2.75, 3.05) is 36.5 Å². The second kappa shape index (κ2) is 7.57. The summed E-state index contributed by atoms with van der Waals surface area (Å²) in [6, 6.07) is 11.6. The molecule has 0 aliphatic carbocycles.